The number of nitrogens with one attached hydrogen (secondary N) is 1. The second-order valence-electron chi connectivity index (χ2n) is 13.3. The molecule has 6 heteroatoms. The summed E-state index contributed by atoms with van der Waals surface area (Å²) in [4.78, 5) is 9.18. The summed E-state index contributed by atoms with van der Waals surface area (Å²) >= 11 is 0. The Kier molecular flexibility index (Phi) is 13.2. The number of hydrogen-bond acceptors (Lipinski definition) is 4. The molecule has 2 aliphatic carbocycles. The van der Waals surface area contributed by atoms with E-state index >= 15 is 0 Å². The van der Waals surface area contributed by atoms with Crippen LogP contribution in [-0.4, -0.2) is 37.6 Å². The molecular weight excluding hydrogens is 547 g/mol. The predicted molar refractivity (Wildman–Crippen MR) is 187 cm³/mol. The fraction of sp³-hybridized carbons (Fsp3) is 0.579. The number of aliphatic imine (C=N–C) groups is 2. The van der Waals surface area contributed by atoms with Gasteiger partial charge in [-0.2, -0.15) is 0 Å². The number of rotatable bonds is 15. The molecule has 3 N–H and O–H groups in total. The minimum atomic E-state index is -1.27. The van der Waals surface area contributed by atoms with Crippen LogP contribution in [0.3, 0.4) is 0 Å². The fourth-order valence-corrected chi connectivity index (χ4v) is 6.89. The van der Waals surface area contributed by atoms with Crippen LogP contribution < -0.4 is 11.1 Å². The van der Waals surface area contributed by atoms with Gasteiger partial charge in [0.05, 0.1) is 12.1 Å². The molecule has 3 rings (SSSR count). The van der Waals surface area contributed by atoms with Gasteiger partial charge >= 0.3 is 0 Å². The van der Waals surface area contributed by atoms with Gasteiger partial charge in [-0.05, 0) is 113 Å². The molecule has 2 saturated carbocycles. The third kappa shape index (κ3) is 9.50. The molecule has 1 spiro atoms. The highest BCUT2D eigenvalue weighted by Gasteiger charge is 2.46. The lowest BCUT2D eigenvalue weighted by Gasteiger charge is -2.46. The molecule has 0 saturated heterocycles. The van der Waals surface area contributed by atoms with Gasteiger partial charge in [0.2, 0.25) is 0 Å². The van der Waals surface area contributed by atoms with E-state index in [0.717, 1.165) is 46.5 Å². The van der Waals surface area contributed by atoms with Crippen molar-refractivity contribution in [3.63, 3.8) is 0 Å². The van der Waals surface area contributed by atoms with Crippen molar-refractivity contribution < 1.29 is 9.13 Å². The smallest absolute Gasteiger partial charge is 0.196 e. The Labute approximate surface area is 266 Å². The van der Waals surface area contributed by atoms with Crippen LogP contribution in [0.5, 0.6) is 0 Å². The number of nitrogens with zero attached hydrogens (tertiary/aromatic N) is 2. The van der Waals surface area contributed by atoms with Crippen molar-refractivity contribution in [2.75, 3.05) is 12.4 Å². The van der Waals surface area contributed by atoms with Crippen molar-refractivity contribution in [2.24, 2.45) is 33.0 Å². The minimum absolute atomic E-state index is 0.0365. The van der Waals surface area contributed by atoms with Crippen LogP contribution in [0.15, 0.2) is 75.4 Å². The molecule has 0 bridgehead atoms. The van der Waals surface area contributed by atoms with E-state index in [4.69, 9.17) is 15.5 Å². The summed E-state index contributed by atoms with van der Waals surface area (Å²) < 4.78 is 18.8. The number of halogens is 1. The van der Waals surface area contributed by atoms with Gasteiger partial charge in [-0.3, -0.25) is 9.98 Å². The minimum Gasteiger partial charge on any atom is -0.383 e. The van der Waals surface area contributed by atoms with Gasteiger partial charge in [0.1, 0.15) is 5.84 Å². The van der Waals surface area contributed by atoms with E-state index in [1.54, 1.807) is 7.05 Å². The Bertz CT molecular complexity index is 1270. The number of ether oxygens (including phenoxy) is 1. The summed E-state index contributed by atoms with van der Waals surface area (Å²) in [6.45, 7) is 18.3. The highest BCUT2D eigenvalue weighted by atomic mass is 19.1. The van der Waals surface area contributed by atoms with Gasteiger partial charge in [-0.15, -0.1) is 0 Å². The van der Waals surface area contributed by atoms with E-state index in [1.165, 1.54) is 51.0 Å². The summed E-state index contributed by atoms with van der Waals surface area (Å²) in [6, 6.07) is 6.05. The average Bonchev–Trinajstić information content (AvgIpc) is 3.45. The first-order chi connectivity index (χ1) is 20.9. The van der Waals surface area contributed by atoms with Crippen molar-refractivity contribution in [3.05, 3.63) is 76.5 Å². The Morgan fingerprint density at radius 2 is 1.91 bits per heavy atom. The number of aryl methyl sites for hydroxylation is 1. The number of allylic oxidation sites excluding steroid dienone is 6. The lowest BCUT2D eigenvalue weighted by atomic mass is 9.58. The molecule has 0 aromatic heterocycles. The maximum atomic E-state index is 13.4. The first kappa shape index (κ1) is 35.5. The van der Waals surface area contributed by atoms with E-state index in [0.29, 0.717) is 17.2 Å². The molecule has 44 heavy (non-hydrogen) atoms. The third-order valence-corrected chi connectivity index (χ3v) is 9.70. The largest absolute Gasteiger partial charge is 0.383 e. The van der Waals surface area contributed by atoms with Crippen LogP contribution in [0.25, 0.3) is 0 Å². The summed E-state index contributed by atoms with van der Waals surface area (Å²) in [7, 11) is 1.80. The molecule has 0 heterocycles. The molecule has 1 aromatic rings. The molecule has 0 amide bonds. The molecule has 0 radical (unpaired) electrons. The first-order valence-corrected chi connectivity index (χ1v) is 16.6. The topological polar surface area (TPSA) is 72.0 Å². The summed E-state index contributed by atoms with van der Waals surface area (Å²) in [6.07, 6.45) is 16.9. The van der Waals surface area contributed by atoms with Gasteiger partial charge in [0.25, 0.3) is 0 Å². The van der Waals surface area contributed by atoms with Gasteiger partial charge in [-0.1, -0.05) is 63.6 Å². The Morgan fingerprint density at radius 3 is 2.50 bits per heavy atom. The lowest BCUT2D eigenvalue weighted by Crippen LogP contribution is -2.35. The summed E-state index contributed by atoms with van der Waals surface area (Å²) in [5.74, 6) is 1.29. The normalized spacial score (nSPS) is 20.9. The van der Waals surface area contributed by atoms with Crippen molar-refractivity contribution in [2.45, 2.75) is 118 Å². The zero-order valence-corrected chi connectivity index (χ0v) is 28.6. The van der Waals surface area contributed by atoms with Crippen molar-refractivity contribution in [1.82, 2.24) is 0 Å². The average molecular weight is 605 g/mol. The highest BCUT2D eigenvalue weighted by Crippen LogP contribution is 2.58. The zero-order chi connectivity index (χ0) is 32.4. The highest BCUT2D eigenvalue weighted by molar-refractivity contribution is 5.98. The Balaban J connectivity index is 1.78. The predicted octanol–water partition coefficient (Wildman–Crippen LogP) is 9.64. The SMILES string of the molecule is C=C(Nc1cc(C(N)=NC(C)[C@H](C)C[C@H](CC)OC(C)F)ccc1C)\C(C=NC)=C(C)/C=C(\C=C/C)C1CC2(CCCC2)C1. The van der Waals surface area contributed by atoms with Gasteiger partial charge in [-0.25, -0.2) is 4.39 Å². The molecule has 2 unspecified atom stereocenters. The van der Waals surface area contributed by atoms with Crippen molar-refractivity contribution in [1.29, 1.82) is 0 Å². The molecule has 242 valence electrons. The van der Waals surface area contributed by atoms with Gasteiger partial charge in [0.15, 0.2) is 6.36 Å². The molecule has 2 fully saturated rings. The van der Waals surface area contributed by atoms with Crippen LogP contribution in [0.2, 0.25) is 0 Å². The van der Waals surface area contributed by atoms with Crippen LogP contribution in [0, 0.1) is 24.2 Å². The molecule has 0 aliphatic heterocycles. The molecular formula is C38H57FN4O. The van der Waals surface area contributed by atoms with Crippen LogP contribution in [-0.2, 0) is 4.74 Å². The van der Waals surface area contributed by atoms with Crippen LogP contribution in [0.4, 0.5) is 10.1 Å². The summed E-state index contributed by atoms with van der Waals surface area (Å²) in [5.41, 5.74) is 14.3. The number of anilines is 1. The standard InChI is InChI=1S/C38H57FN4O/c1-10-14-31(33-22-38(23-33)17-12-13-18-38)19-27(5)35(24-41-9)29(7)42-36-21-32(16-15-25(36)3)37(40)43-28(6)26(4)20-34(11-2)44-30(8)39/h10,14-16,19,21,24,26,28,30,33-34,42H,7,11-13,17-18,20,22-23H2,1-6,8-9H3,(H2,40,43)/b14-10-,31-19+,35-27-,41-24?/t26-,28?,30?,34+/m1/s1. The number of benzene rings is 1. The zero-order valence-electron chi connectivity index (χ0n) is 28.6. The van der Waals surface area contributed by atoms with E-state index in [9.17, 15) is 4.39 Å². The lowest BCUT2D eigenvalue weighted by molar-refractivity contribution is -0.0825. The number of alkyl halides is 1. The maximum absolute atomic E-state index is 13.4. The first-order valence-electron chi connectivity index (χ1n) is 16.6. The third-order valence-electron chi connectivity index (χ3n) is 9.70. The van der Waals surface area contributed by atoms with Crippen molar-refractivity contribution in [3.8, 4) is 0 Å². The Morgan fingerprint density at radius 1 is 1.23 bits per heavy atom. The molecule has 2 aliphatic rings. The van der Waals surface area contributed by atoms with Crippen LogP contribution in [0.1, 0.15) is 104 Å². The van der Waals surface area contributed by atoms with E-state index in [-0.39, 0.29) is 18.1 Å². The molecule has 4 atom stereocenters. The number of amidine groups is 1. The maximum Gasteiger partial charge on any atom is 0.196 e. The number of nitrogens with two attached hydrogens (primary N) is 1. The van der Waals surface area contributed by atoms with E-state index in [1.807, 2.05) is 25.3 Å². The number of hydrogen-bond donors (Lipinski definition) is 2. The fourth-order valence-electron chi connectivity index (χ4n) is 6.89. The Hall–Kier alpha value is -2.99. The van der Waals surface area contributed by atoms with E-state index in [2.05, 4.69) is 75.8 Å². The van der Waals surface area contributed by atoms with Crippen LogP contribution >= 0.6 is 0 Å². The van der Waals surface area contributed by atoms with E-state index < -0.39 is 6.36 Å². The quantitative estimate of drug-likeness (QED) is 0.119. The van der Waals surface area contributed by atoms with Crippen molar-refractivity contribution >= 4 is 17.7 Å². The monoisotopic (exact) mass is 604 g/mol. The second-order valence-corrected chi connectivity index (χ2v) is 13.3. The summed E-state index contributed by atoms with van der Waals surface area (Å²) in [5, 5.41) is 3.55. The second kappa shape index (κ2) is 16.4. The molecule has 5 nitrogen and oxygen atoms in total. The molecule has 1 aromatic carbocycles. The van der Waals surface area contributed by atoms with Gasteiger partial charge < -0.3 is 15.8 Å². The van der Waals surface area contributed by atoms with Gasteiger partial charge in [0, 0.05) is 35.8 Å².